The van der Waals surface area contributed by atoms with Crippen LogP contribution in [0.15, 0.2) is 18.2 Å². The number of likely N-dealkylation sites (tertiary alicyclic amines) is 1. The zero-order valence-corrected chi connectivity index (χ0v) is 16.7. The summed E-state index contributed by atoms with van der Waals surface area (Å²) in [5, 5.41) is 3.00. The van der Waals surface area contributed by atoms with Crippen molar-refractivity contribution >= 4 is 23.3 Å². The molecule has 0 radical (unpaired) electrons. The Morgan fingerprint density at radius 2 is 1.67 bits per heavy atom. The van der Waals surface area contributed by atoms with E-state index in [-0.39, 0.29) is 11.9 Å². The zero-order chi connectivity index (χ0) is 19.4. The van der Waals surface area contributed by atoms with Gasteiger partial charge in [-0.2, -0.15) is 0 Å². The van der Waals surface area contributed by atoms with Crippen molar-refractivity contribution in [3.8, 4) is 5.75 Å². The van der Waals surface area contributed by atoms with Crippen LogP contribution in [0.1, 0.15) is 52.9 Å². The van der Waals surface area contributed by atoms with Crippen LogP contribution in [0.25, 0.3) is 0 Å². The number of hydrogen-bond donors (Lipinski definition) is 1. The fraction of sp³-hybridized carbons (Fsp3) is 0.619. The number of rotatable bonds is 1. The highest BCUT2D eigenvalue weighted by atomic mass is 16.5. The maximum atomic E-state index is 12.8. The molecule has 0 spiro atoms. The first kappa shape index (κ1) is 19.5. The zero-order valence-electron chi connectivity index (χ0n) is 16.7. The van der Waals surface area contributed by atoms with Gasteiger partial charge in [0, 0.05) is 24.2 Å². The number of nitrogens with one attached hydrogen (secondary N) is 1. The summed E-state index contributed by atoms with van der Waals surface area (Å²) in [6.45, 7) is 8.35. The van der Waals surface area contributed by atoms with Crippen molar-refractivity contribution in [1.29, 1.82) is 0 Å². The van der Waals surface area contributed by atoms with Crippen LogP contribution < -0.4 is 15.0 Å². The predicted molar refractivity (Wildman–Crippen MR) is 107 cm³/mol. The van der Waals surface area contributed by atoms with E-state index in [1.54, 1.807) is 4.90 Å². The molecule has 0 bridgehead atoms. The molecule has 3 rings (SSSR count). The standard InChI is InChI=1S/C21H31N3O3/c1-21(2,3)19(25)24-13-14-27-18-10-9-16(15-17(18)24)22-20(26)23-11-7-5-4-6-8-12-23/h9-10,15H,4-8,11-14H2,1-3H3,(H,22,26). The molecule has 2 aliphatic heterocycles. The minimum atomic E-state index is -0.474. The Labute approximate surface area is 161 Å². The lowest BCUT2D eigenvalue weighted by Crippen LogP contribution is -2.44. The first-order chi connectivity index (χ1) is 12.9. The van der Waals surface area contributed by atoms with Crippen LogP contribution in [-0.2, 0) is 4.79 Å². The maximum Gasteiger partial charge on any atom is 0.321 e. The Kier molecular flexibility index (Phi) is 5.92. The van der Waals surface area contributed by atoms with Gasteiger partial charge in [-0.05, 0) is 31.0 Å². The predicted octanol–water partition coefficient (Wildman–Crippen LogP) is 4.26. The van der Waals surface area contributed by atoms with Gasteiger partial charge in [0.15, 0.2) is 0 Å². The molecule has 0 aromatic heterocycles. The largest absolute Gasteiger partial charge is 0.490 e. The van der Waals surface area contributed by atoms with Crippen molar-refractivity contribution in [2.24, 2.45) is 5.41 Å². The number of urea groups is 1. The lowest BCUT2D eigenvalue weighted by Gasteiger charge is -2.34. The van der Waals surface area contributed by atoms with E-state index < -0.39 is 5.41 Å². The summed E-state index contributed by atoms with van der Waals surface area (Å²) in [5.74, 6) is 0.738. The molecule has 2 heterocycles. The molecule has 6 heteroatoms. The monoisotopic (exact) mass is 373 g/mol. The first-order valence-corrected chi connectivity index (χ1v) is 10.0. The van der Waals surface area contributed by atoms with Gasteiger partial charge in [0.25, 0.3) is 0 Å². The Balaban J connectivity index is 1.76. The molecule has 3 amide bonds. The topological polar surface area (TPSA) is 61.9 Å². The Bertz CT molecular complexity index is 688. The molecule has 1 saturated heterocycles. The van der Waals surface area contributed by atoms with Gasteiger partial charge < -0.3 is 19.9 Å². The van der Waals surface area contributed by atoms with Crippen LogP contribution in [0, 0.1) is 5.41 Å². The molecule has 0 aliphatic carbocycles. The second-order valence-electron chi connectivity index (χ2n) is 8.42. The molecule has 148 valence electrons. The van der Waals surface area contributed by atoms with Crippen LogP contribution in [0.3, 0.4) is 0 Å². The first-order valence-electron chi connectivity index (χ1n) is 10.0. The van der Waals surface area contributed by atoms with Gasteiger partial charge in [0.1, 0.15) is 12.4 Å². The average molecular weight is 373 g/mol. The second-order valence-corrected chi connectivity index (χ2v) is 8.42. The van der Waals surface area contributed by atoms with Gasteiger partial charge in [-0.1, -0.05) is 40.0 Å². The van der Waals surface area contributed by atoms with E-state index in [2.05, 4.69) is 5.32 Å². The SMILES string of the molecule is CC(C)(C)C(=O)N1CCOc2ccc(NC(=O)N3CCCCCCC3)cc21. The minimum absolute atomic E-state index is 0.0549. The summed E-state index contributed by atoms with van der Waals surface area (Å²) >= 11 is 0. The van der Waals surface area contributed by atoms with E-state index in [9.17, 15) is 9.59 Å². The van der Waals surface area contributed by atoms with Gasteiger partial charge in [0.05, 0.1) is 12.2 Å². The van der Waals surface area contributed by atoms with Crippen LogP contribution in [0.2, 0.25) is 0 Å². The highest BCUT2D eigenvalue weighted by Crippen LogP contribution is 2.36. The Morgan fingerprint density at radius 3 is 2.33 bits per heavy atom. The molecule has 0 atom stereocenters. The number of hydrogen-bond acceptors (Lipinski definition) is 3. The number of ether oxygens (including phenoxy) is 1. The molecule has 2 aliphatic rings. The molecular weight excluding hydrogens is 342 g/mol. The van der Waals surface area contributed by atoms with Crippen molar-refractivity contribution < 1.29 is 14.3 Å². The number of nitrogens with zero attached hydrogens (tertiary/aromatic N) is 2. The lowest BCUT2D eigenvalue weighted by atomic mass is 9.94. The van der Waals surface area contributed by atoms with E-state index in [0.29, 0.717) is 24.6 Å². The fourth-order valence-electron chi connectivity index (χ4n) is 3.56. The summed E-state index contributed by atoms with van der Waals surface area (Å²) in [5.41, 5.74) is 0.947. The van der Waals surface area contributed by atoms with Crippen molar-refractivity contribution in [1.82, 2.24) is 4.90 Å². The van der Waals surface area contributed by atoms with Gasteiger partial charge in [-0.25, -0.2) is 4.79 Å². The highest BCUT2D eigenvalue weighted by Gasteiger charge is 2.32. The van der Waals surface area contributed by atoms with Crippen molar-refractivity contribution in [2.45, 2.75) is 52.9 Å². The van der Waals surface area contributed by atoms with E-state index >= 15 is 0 Å². The number of benzene rings is 1. The minimum Gasteiger partial charge on any atom is -0.490 e. The van der Waals surface area contributed by atoms with E-state index in [4.69, 9.17) is 4.74 Å². The molecule has 1 aromatic rings. The van der Waals surface area contributed by atoms with Crippen molar-refractivity contribution in [3.63, 3.8) is 0 Å². The molecule has 1 N–H and O–H groups in total. The summed E-state index contributed by atoms with van der Waals surface area (Å²) < 4.78 is 5.71. The second kappa shape index (κ2) is 8.19. The number of fused-ring (bicyclic) bond motifs is 1. The van der Waals surface area contributed by atoms with E-state index in [1.165, 1.54) is 19.3 Å². The molecule has 0 saturated carbocycles. The van der Waals surface area contributed by atoms with Crippen molar-refractivity contribution in [3.05, 3.63) is 18.2 Å². The van der Waals surface area contributed by atoms with Gasteiger partial charge in [-0.3, -0.25) is 4.79 Å². The lowest BCUT2D eigenvalue weighted by molar-refractivity contribution is -0.126. The third-order valence-electron chi connectivity index (χ3n) is 5.10. The highest BCUT2D eigenvalue weighted by molar-refractivity contribution is 5.99. The smallest absolute Gasteiger partial charge is 0.321 e. The van der Waals surface area contributed by atoms with E-state index in [1.807, 2.05) is 43.9 Å². The van der Waals surface area contributed by atoms with Crippen molar-refractivity contribution in [2.75, 3.05) is 36.5 Å². The summed E-state index contributed by atoms with van der Waals surface area (Å²) in [4.78, 5) is 29.2. The molecule has 6 nitrogen and oxygen atoms in total. The number of carbonyl (C=O) groups is 2. The third-order valence-corrected chi connectivity index (χ3v) is 5.10. The van der Waals surface area contributed by atoms with Gasteiger partial charge in [0.2, 0.25) is 5.91 Å². The quantitative estimate of drug-likeness (QED) is 0.800. The number of carbonyl (C=O) groups excluding carboxylic acids is 2. The Morgan fingerprint density at radius 1 is 1.00 bits per heavy atom. The number of amides is 3. The Hall–Kier alpha value is -2.24. The fourth-order valence-corrected chi connectivity index (χ4v) is 3.56. The maximum absolute atomic E-state index is 12.8. The van der Waals surface area contributed by atoms with Crippen LogP contribution in [-0.4, -0.2) is 43.1 Å². The van der Waals surface area contributed by atoms with Gasteiger partial charge in [-0.15, -0.1) is 0 Å². The normalized spacial score (nSPS) is 18.0. The molecule has 27 heavy (non-hydrogen) atoms. The molecule has 1 fully saturated rings. The van der Waals surface area contributed by atoms with Gasteiger partial charge >= 0.3 is 6.03 Å². The van der Waals surface area contributed by atoms with Crippen LogP contribution in [0.5, 0.6) is 5.75 Å². The average Bonchev–Trinajstić information content (AvgIpc) is 2.59. The number of anilines is 2. The third kappa shape index (κ3) is 4.73. The van der Waals surface area contributed by atoms with Crippen LogP contribution in [0.4, 0.5) is 16.2 Å². The molecular formula is C21H31N3O3. The molecule has 0 unspecified atom stereocenters. The van der Waals surface area contributed by atoms with E-state index in [0.717, 1.165) is 31.6 Å². The summed E-state index contributed by atoms with van der Waals surface area (Å²) in [6, 6.07) is 5.45. The summed E-state index contributed by atoms with van der Waals surface area (Å²) in [6.07, 6.45) is 5.74. The summed E-state index contributed by atoms with van der Waals surface area (Å²) in [7, 11) is 0. The molecule has 1 aromatic carbocycles. The van der Waals surface area contributed by atoms with Crippen LogP contribution >= 0.6 is 0 Å².